The molecule has 0 saturated heterocycles. The number of nitrogens with one attached hydrogen (secondary N) is 2. The Bertz CT molecular complexity index is 766. The molecule has 2 aliphatic rings. The molecule has 2 rings (SSSR count). The van der Waals surface area contributed by atoms with Gasteiger partial charge in [0.1, 0.15) is 22.7 Å². The van der Waals surface area contributed by atoms with Crippen LogP contribution in [0.2, 0.25) is 0 Å². The van der Waals surface area contributed by atoms with Gasteiger partial charge in [0.15, 0.2) is 0 Å². The summed E-state index contributed by atoms with van der Waals surface area (Å²) in [6.07, 6.45) is 0. The maximum absolute atomic E-state index is 9.44. The Hall–Kier alpha value is -1.76. The van der Waals surface area contributed by atoms with Crippen molar-refractivity contribution in [2.24, 2.45) is 20.2 Å². The van der Waals surface area contributed by atoms with E-state index in [9.17, 15) is 16.8 Å². The molecule has 0 spiro atoms. The number of azo groups is 1. The molecule has 0 bridgehead atoms. The van der Waals surface area contributed by atoms with Crippen molar-refractivity contribution in [2.45, 2.75) is 38.8 Å². The molecule has 0 atom stereocenters. The molecule has 0 aromatic carbocycles. The van der Waals surface area contributed by atoms with Crippen molar-refractivity contribution in [1.29, 1.82) is 0 Å². The Morgan fingerprint density at radius 3 is 1.31 bits per heavy atom. The predicted molar refractivity (Wildman–Crippen MR) is 105 cm³/mol. The average Bonchev–Trinajstić information content (AvgIpc) is 3.15. The molecule has 0 unspecified atom stereocenters. The van der Waals surface area contributed by atoms with E-state index in [1.165, 1.54) is 0 Å². The van der Waals surface area contributed by atoms with Gasteiger partial charge in [0.25, 0.3) is 0 Å². The lowest BCUT2D eigenvalue weighted by molar-refractivity contribution is 0.344. The molecule has 29 heavy (non-hydrogen) atoms. The smallest absolute Gasteiger partial charge is 0.412 e. The van der Waals surface area contributed by atoms with Crippen molar-refractivity contribution >= 4 is 32.5 Å². The molecule has 17 heteroatoms. The third-order valence-corrected chi connectivity index (χ3v) is 4.61. The highest BCUT2D eigenvalue weighted by Crippen LogP contribution is 2.19. The van der Waals surface area contributed by atoms with Gasteiger partial charge < -0.3 is 21.6 Å². The molecular weight excluding hydrogens is 436 g/mol. The molecule has 2 heterocycles. The van der Waals surface area contributed by atoms with Gasteiger partial charge >= 0.3 is 20.8 Å². The van der Waals surface area contributed by atoms with E-state index in [-0.39, 0.29) is 11.0 Å². The van der Waals surface area contributed by atoms with Crippen LogP contribution >= 0.6 is 0 Å². The lowest BCUT2D eigenvalue weighted by atomic mass is 10.0. The molecule has 0 amide bonds. The number of hydrogen-bond donors (Lipinski definition) is 4. The molecule has 172 valence electrons. The summed E-state index contributed by atoms with van der Waals surface area (Å²) in [6, 6.07) is 0. The fourth-order valence-electron chi connectivity index (χ4n) is 2.07. The number of rotatable bonds is 6. The maximum atomic E-state index is 9.44. The van der Waals surface area contributed by atoms with Crippen LogP contribution in [0.15, 0.2) is 20.2 Å². The zero-order chi connectivity index (χ0) is 20.9. The van der Waals surface area contributed by atoms with Gasteiger partial charge in [-0.3, -0.25) is 19.1 Å². The third-order valence-electron chi connectivity index (χ3n) is 3.23. The van der Waals surface area contributed by atoms with E-state index in [1.54, 1.807) is 0 Å². The van der Waals surface area contributed by atoms with Crippen molar-refractivity contribution in [2.75, 3.05) is 26.2 Å². The minimum atomic E-state index is -5.12. The number of aliphatic imine (C=N–C) groups is 2. The van der Waals surface area contributed by atoms with Crippen molar-refractivity contribution in [3.05, 3.63) is 0 Å². The fourth-order valence-corrected chi connectivity index (χ4v) is 2.94. The zero-order valence-corrected chi connectivity index (χ0v) is 18.0. The van der Waals surface area contributed by atoms with Crippen LogP contribution in [0.1, 0.15) is 27.7 Å². The topological polar surface area (TPSA) is 254 Å². The molecule has 0 saturated carbocycles. The van der Waals surface area contributed by atoms with Crippen LogP contribution in [-0.2, 0) is 24.4 Å². The summed E-state index contributed by atoms with van der Waals surface area (Å²) in [5.41, 5.74) is -0.792. The van der Waals surface area contributed by atoms with Crippen LogP contribution in [0, 0.1) is 0 Å². The van der Waals surface area contributed by atoms with Gasteiger partial charge in [-0.1, -0.05) is 0 Å². The van der Waals surface area contributed by atoms with Gasteiger partial charge in [0.2, 0.25) is 0 Å². The second-order valence-corrected chi connectivity index (χ2v) is 8.81. The minimum absolute atomic E-state index is 0. The highest BCUT2D eigenvalue weighted by molar-refractivity contribution is 7.94. The largest absolute Gasteiger partial charge is 0.413 e. The second-order valence-electron chi connectivity index (χ2n) is 6.56. The van der Waals surface area contributed by atoms with Crippen LogP contribution in [-0.4, -0.2) is 85.8 Å². The molecule has 0 fully saturated rings. The van der Waals surface area contributed by atoms with Gasteiger partial charge in [-0.25, -0.2) is 0 Å². The summed E-state index contributed by atoms with van der Waals surface area (Å²) in [7, 11) is -10.2. The Kier molecular flexibility index (Phi) is 11.0. The molecular formula is C12H28N6O9S2. The standard InChI is InChI=1S/C12H22N6.H2O7S2.2H2O/c1-11(2,9-13-5-6-14-9)17-18-12(3,4)10-15-7-8-16-10;1-8(2,3)7-9(4,5)6;;/h5-8H2,1-4H3,(H,13,14)(H,15,16);(H,1,2,3)(H,4,5,6);2*1H2/b18-17+;;;. The first-order valence-corrected chi connectivity index (χ1v) is 10.5. The Morgan fingerprint density at radius 2 is 1.14 bits per heavy atom. The quantitative estimate of drug-likeness (QED) is 0.249. The highest BCUT2D eigenvalue weighted by atomic mass is 32.3. The summed E-state index contributed by atoms with van der Waals surface area (Å²) >= 11 is 0. The van der Waals surface area contributed by atoms with Gasteiger partial charge in [0.05, 0.1) is 13.1 Å². The fraction of sp³-hybridized carbons (Fsp3) is 0.833. The Morgan fingerprint density at radius 1 is 0.828 bits per heavy atom. The van der Waals surface area contributed by atoms with Crippen molar-refractivity contribution in [3.8, 4) is 0 Å². The highest BCUT2D eigenvalue weighted by Gasteiger charge is 2.31. The van der Waals surface area contributed by atoms with E-state index in [0.717, 1.165) is 37.9 Å². The summed E-state index contributed by atoms with van der Waals surface area (Å²) in [5, 5.41) is 15.4. The Labute approximate surface area is 169 Å². The second kappa shape index (κ2) is 10.9. The summed E-state index contributed by atoms with van der Waals surface area (Å²) in [5.74, 6) is 1.84. The van der Waals surface area contributed by atoms with E-state index in [4.69, 9.17) is 9.11 Å². The average molecular weight is 465 g/mol. The molecule has 15 nitrogen and oxygen atoms in total. The first-order valence-electron chi connectivity index (χ1n) is 7.80. The predicted octanol–water partition coefficient (Wildman–Crippen LogP) is -2.04. The van der Waals surface area contributed by atoms with Crippen LogP contribution in [0.25, 0.3) is 0 Å². The lowest BCUT2D eigenvalue weighted by Gasteiger charge is -2.23. The molecule has 0 aromatic heterocycles. The van der Waals surface area contributed by atoms with Gasteiger partial charge in [0, 0.05) is 13.1 Å². The van der Waals surface area contributed by atoms with E-state index in [0.29, 0.717) is 0 Å². The van der Waals surface area contributed by atoms with E-state index >= 15 is 0 Å². The molecule has 2 aliphatic heterocycles. The van der Waals surface area contributed by atoms with Crippen molar-refractivity contribution in [1.82, 2.24) is 10.6 Å². The molecule has 0 aliphatic carbocycles. The van der Waals surface area contributed by atoms with E-state index in [1.807, 2.05) is 27.7 Å². The molecule has 8 N–H and O–H groups in total. The summed E-state index contributed by atoms with van der Waals surface area (Å²) in [6.45, 7) is 11.5. The van der Waals surface area contributed by atoms with E-state index in [2.05, 4.69) is 34.5 Å². The third kappa shape index (κ3) is 11.1. The Balaban J connectivity index is 0. The summed E-state index contributed by atoms with van der Waals surface area (Å²) in [4.78, 5) is 8.82. The van der Waals surface area contributed by atoms with E-state index < -0.39 is 31.9 Å². The van der Waals surface area contributed by atoms with Crippen molar-refractivity contribution < 1.29 is 40.5 Å². The monoisotopic (exact) mass is 464 g/mol. The zero-order valence-electron chi connectivity index (χ0n) is 16.4. The summed E-state index contributed by atoms with van der Waals surface area (Å²) < 4.78 is 55.6. The number of nitrogens with zero attached hydrogens (tertiary/aromatic N) is 4. The van der Waals surface area contributed by atoms with Crippen LogP contribution in [0.3, 0.4) is 0 Å². The number of hydrogen-bond acceptors (Lipinski definition) is 11. The van der Waals surface area contributed by atoms with Crippen LogP contribution < -0.4 is 10.6 Å². The maximum Gasteiger partial charge on any atom is 0.413 e. The van der Waals surface area contributed by atoms with Crippen molar-refractivity contribution in [3.63, 3.8) is 0 Å². The minimum Gasteiger partial charge on any atom is -0.412 e. The normalized spacial score (nSPS) is 17.0. The molecule has 0 aromatic rings. The van der Waals surface area contributed by atoms with Crippen LogP contribution in [0.4, 0.5) is 0 Å². The van der Waals surface area contributed by atoms with Gasteiger partial charge in [-0.2, -0.15) is 27.1 Å². The molecule has 0 radical (unpaired) electrons. The van der Waals surface area contributed by atoms with Gasteiger partial charge in [-0.05, 0) is 27.7 Å². The first kappa shape index (κ1) is 29.4. The van der Waals surface area contributed by atoms with Gasteiger partial charge in [-0.15, -0.1) is 3.63 Å². The van der Waals surface area contributed by atoms with Crippen LogP contribution in [0.5, 0.6) is 0 Å². The lowest BCUT2D eigenvalue weighted by Crippen LogP contribution is -2.41. The number of amidine groups is 2. The SMILES string of the molecule is CC(C)(/N=N/C(C)(C)C1=NCCN1)C1=NCCN1.O.O.O=S(=O)(O)OS(=O)(=O)O. The first-order chi connectivity index (χ1) is 12.1.